The van der Waals surface area contributed by atoms with Gasteiger partial charge in [0.2, 0.25) is 5.91 Å². The van der Waals surface area contributed by atoms with Crippen LogP contribution in [0.4, 0.5) is 5.69 Å². The summed E-state index contributed by atoms with van der Waals surface area (Å²) >= 11 is 3.62. The number of hydrogen-bond acceptors (Lipinski definition) is 5. The molecule has 41 heavy (non-hydrogen) atoms. The monoisotopic (exact) mass is 625 g/mol. The smallest absolute Gasteiger partial charge is 0.253 e. The summed E-state index contributed by atoms with van der Waals surface area (Å²) in [6.45, 7) is 13.4. The van der Waals surface area contributed by atoms with Crippen molar-refractivity contribution in [2.24, 2.45) is 0 Å². The van der Waals surface area contributed by atoms with Gasteiger partial charge in [0.1, 0.15) is 0 Å². The van der Waals surface area contributed by atoms with Gasteiger partial charge in [0.05, 0.1) is 0 Å². The highest BCUT2D eigenvalue weighted by Crippen LogP contribution is 2.32. The number of H-pyrrole nitrogens is 1. The number of hydrogen-bond donors (Lipinski definition) is 2. The summed E-state index contributed by atoms with van der Waals surface area (Å²) in [7, 11) is 0. The van der Waals surface area contributed by atoms with Crippen molar-refractivity contribution < 1.29 is 9.59 Å². The highest BCUT2D eigenvalue weighted by atomic mass is 79.9. The van der Waals surface area contributed by atoms with E-state index in [1.165, 1.54) is 19.3 Å². The van der Waals surface area contributed by atoms with Gasteiger partial charge < -0.3 is 20.1 Å². The maximum absolute atomic E-state index is 13.3. The fourth-order valence-electron chi connectivity index (χ4n) is 6.14. The molecule has 4 rings (SSSR count). The van der Waals surface area contributed by atoms with E-state index >= 15 is 0 Å². The predicted molar refractivity (Wildman–Crippen MR) is 169 cm³/mol. The van der Waals surface area contributed by atoms with Crippen molar-refractivity contribution in [2.45, 2.75) is 72.4 Å². The van der Waals surface area contributed by atoms with Crippen molar-refractivity contribution in [3.63, 3.8) is 0 Å². The molecule has 9 heteroatoms. The van der Waals surface area contributed by atoms with Gasteiger partial charge in [-0.1, -0.05) is 28.4 Å². The molecule has 1 aromatic heterocycles. The normalized spacial score (nSPS) is 16.8. The lowest BCUT2D eigenvalue weighted by atomic mass is 9.99. The number of likely N-dealkylation sites (tertiary alicyclic amines) is 2. The Morgan fingerprint density at radius 2 is 1.78 bits per heavy atom. The largest absolute Gasteiger partial charge is 0.368 e. The fourth-order valence-corrected chi connectivity index (χ4v) is 6.58. The summed E-state index contributed by atoms with van der Waals surface area (Å²) in [4.78, 5) is 48.1. The van der Waals surface area contributed by atoms with Gasteiger partial charge in [0, 0.05) is 71.8 Å². The molecule has 2 aliphatic heterocycles. The third-order valence-corrected chi connectivity index (χ3v) is 8.91. The number of aryl methyl sites for hydroxylation is 2. The molecule has 3 heterocycles. The predicted octanol–water partition coefficient (Wildman–Crippen LogP) is 4.85. The second kappa shape index (κ2) is 14.3. The number of rotatable bonds is 9. The number of nitrogens with zero attached hydrogens (tertiary/aromatic N) is 3. The Hall–Kier alpha value is -2.91. The van der Waals surface area contributed by atoms with Crippen molar-refractivity contribution in [2.75, 3.05) is 44.2 Å². The Morgan fingerprint density at radius 3 is 2.44 bits per heavy atom. The minimum atomic E-state index is -0.211. The maximum Gasteiger partial charge on any atom is 0.253 e. The Labute approximate surface area is 252 Å². The van der Waals surface area contributed by atoms with Crippen molar-refractivity contribution in [3.05, 3.63) is 73.1 Å². The summed E-state index contributed by atoms with van der Waals surface area (Å²) in [6, 6.07) is 6.10. The van der Waals surface area contributed by atoms with Gasteiger partial charge >= 0.3 is 0 Å². The highest BCUT2D eigenvalue weighted by molar-refractivity contribution is 9.10. The lowest BCUT2D eigenvalue weighted by Gasteiger charge is -2.40. The van der Waals surface area contributed by atoms with E-state index in [1.807, 2.05) is 43.9 Å². The van der Waals surface area contributed by atoms with E-state index in [-0.39, 0.29) is 30.0 Å². The summed E-state index contributed by atoms with van der Waals surface area (Å²) < 4.78 is 0.831. The van der Waals surface area contributed by atoms with E-state index < -0.39 is 0 Å². The van der Waals surface area contributed by atoms with Gasteiger partial charge in [-0.3, -0.25) is 19.3 Å². The van der Waals surface area contributed by atoms with Gasteiger partial charge in [-0.2, -0.15) is 0 Å². The number of halogens is 1. The minimum Gasteiger partial charge on any atom is -0.368 e. The zero-order valence-corrected chi connectivity index (χ0v) is 26.5. The van der Waals surface area contributed by atoms with Gasteiger partial charge in [-0.15, -0.1) is 0 Å². The van der Waals surface area contributed by atoms with Crippen molar-refractivity contribution in [1.82, 2.24) is 20.1 Å². The van der Waals surface area contributed by atoms with Crippen LogP contribution in [0.5, 0.6) is 0 Å². The quantitative estimate of drug-likeness (QED) is 0.389. The maximum atomic E-state index is 13.3. The molecule has 0 bridgehead atoms. The molecule has 2 fully saturated rings. The van der Waals surface area contributed by atoms with Crippen LogP contribution in [0.15, 0.2) is 39.6 Å². The lowest BCUT2D eigenvalue weighted by Crippen LogP contribution is -2.47. The number of amides is 2. The fraction of sp³-hybridized carbons (Fsp3) is 0.531. The molecule has 222 valence electrons. The summed E-state index contributed by atoms with van der Waals surface area (Å²) in [5.74, 6) is -0.110. The van der Waals surface area contributed by atoms with Crippen LogP contribution in [0.3, 0.4) is 0 Å². The van der Waals surface area contributed by atoms with E-state index in [1.54, 1.807) is 6.08 Å². The molecule has 0 atom stereocenters. The lowest BCUT2D eigenvalue weighted by molar-refractivity contribution is -0.127. The van der Waals surface area contributed by atoms with Crippen LogP contribution >= 0.6 is 15.9 Å². The van der Waals surface area contributed by atoms with Gasteiger partial charge in [-0.05, 0) is 95.8 Å². The van der Waals surface area contributed by atoms with Gasteiger partial charge in [0.15, 0.2) is 0 Å². The van der Waals surface area contributed by atoms with Crippen LogP contribution in [-0.4, -0.2) is 71.9 Å². The zero-order valence-electron chi connectivity index (χ0n) is 24.9. The summed E-state index contributed by atoms with van der Waals surface area (Å²) in [5.41, 5.74) is 4.56. The Bertz CT molecular complexity index is 1320. The molecular formula is C32H44BrN5O3. The molecular weight excluding hydrogens is 582 g/mol. The number of anilines is 1. The number of pyridine rings is 1. The Morgan fingerprint density at radius 1 is 1.07 bits per heavy atom. The van der Waals surface area contributed by atoms with E-state index in [4.69, 9.17) is 0 Å². The molecule has 0 spiro atoms. The SMILES string of the molecule is CCN(c1cc(Br)cc(C(=O)NCc2c(C)cc(C)[nH]c2=O)c1C)C1CCN(C(=O)/C=C/CN2CCCCC2)CC1. The molecule has 0 unspecified atom stereocenters. The number of carbonyl (C=O) groups excluding carboxylic acids is 2. The van der Waals surface area contributed by atoms with Crippen LogP contribution in [-0.2, 0) is 11.3 Å². The van der Waals surface area contributed by atoms with Crippen LogP contribution in [0.1, 0.15) is 71.8 Å². The molecule has 2 aliphatic rings. The molecule has 0 aliphatic carbocycles. The molecule has 0 saturated carbocycles. The first-order valence-electron chi connectivity index (χ1n) is 14.9. The summed E-state index contributed by atoms with van der Waals surface area (Å²) in [5, 5.41) is 2.95. The number of aromatic amines is 1. The standard InChI is InChI=1S/C32H44BrN5O3/c1-5-38(26-11-16-37(17-12-26)30(39)10-9-15-36-13-7-6-8-14-36)29-20-25(33)19-27(24(29)4)31(40)34-21-28-22(2)18-23(3)35-32(28)41/h9-10,18-20,26H,5-8,11-17,21H2,1-4H3,(H,34,40)(H,35,41)/b10-9+. The van der Waals surface area contributed by atoms with Crippen molar-refractivity contribution >= 4 is 33.4 Å². The van der Waals surface area contributed by atoms with Gasteiger partial charge in [-0.25, -0.2) is 0 Å². The number of nitrogens with one attached hydrogen (secondary N) is 2. The van der Waals surface area contributed by atoms with Crippen molar-refractivity contribution in [3.8, 4) is 0 Å². The Balaban J connectivity index is 1.39. The molecule has 2 amide bonds. The minimum absolute atomic E-state index is 0.101. The number of benzene rings is 1. The number of piperidine rings is 2. The van der Waals surface area contributed by atoms with Gasteiger partial charge in [0.25, 0.3) is 11.5 Å². The van der Waals surface area contributed by atoms with Crippen LogP contribution < -0.4 is 15.8 Å². The first kappa shape index (κ1) is 31.0. The molecule has 1 aromatic carbocycles. The zero-order chi connectivity index (χ0) is 29.5. The first-order chi connectivity index (χ1) is 19.7. The average Bonchev–Trinajstić information content (AvgIpc) is 2.95. The first-order valence-corrected chi connectivity index (χ1v) is 15.7. The van der Waals surface area contributed by atoms with Crippen LogP contribution in [0, 0.1) is 20.8 Å². The molecule has 8 nitrogen and oxygen atoms in total. The second-order valence-electron chi connectivity index (χ2n) is 11.3. The summed E-state index contributed by atoms with van der Waals surface area (Å²) in [6.07, 6.45) is 9.34. The molecule has 0 radical (unpaired) electrons. The third kappa shape index (κ3) is 7.89. The van der Waals surface area contributed by atoms with E-state index in [9.17, 15) is 14.4 Å². The molecule has 2 N–H and O–H groups in total. The Kier molecular flexibility index (Phi) is 10.8. The topological polar surface area (TPSA) is 88.7 Å². The average molecular weight is 627 g/mol. The van der Waals surface area contributed by atoms with Crippen molar-refractivity contribution in [1.29, 1.82) is 0 Å². The van der Waals surface area contributed by atoms with Crippen LogP contribution in [0.25, 0.3) is 0 Å². The van der Waals surface area contributed by atoms with Crippen LogP contribution in [0.2, 0.25) is 0 Å². The third-order valence-electron chi connectivity index (χ3n) is 8.45. The highest BCUT2D eigenvalue weighted by Gasteiger charge is 2.28. The molecule has 2 aromatic rings. The number of aromatic nitrogens is 1. The number of carbonyl (C=O) groups is 2. The molecule has 2 saturated heterocycles. The second-order valence-corrected chi connectivity index (χ2v) is 12.2. The van der Waals surface area contributed by atoms with E-state index in [0.717, 1.165) is 79.1 Å². The van der Waals surface area contributed by atoms with E-state index in [0.29, 0.717) is 11.1 Å². The van der Waals surface area contributed by atoms with E-state index in [2.05, 4.69) is 49.0 Å².